The van der Waals surface area contributed by atoms with Crippen LogP contribution in [0.5, 0.6) is 0 Å². The Balaban J connectivity index is 1.22. The number of nitrogens with one attached hydrogen (secondary N) is 2. The summed E-state index contributed by atoms with van der Waals surface area (Å²) in [6, 6.07) is 23.1. The van der Waals surface area contributed by atoms with Crippen LogP contribution >= 0.6 is 0 Å². The SMILES string of the molecule is CC(NC(=O)CNC(=O)C1c2ccccc2C(=O)N1Cc1ccccc1)c1ccc(-n2cncn2)cc1. The van der Waals surface area contributed by atoms with E-state index in [0.29, 0.717) is 17.7 Å². The summed E-state index contributed by atoms with van der Waals surface area (Å²) >= 11 is 0. The Morgan fingerprint density at radius 3 is 2.43 bits per heavy atom. The second-order valence-electron chi connectivity index (χ2n) is 8.85. The highest BCUT2D eigenvalue weighted by Gasteiger charge is 2.40. The van der Waals surface area contributed by atoms with E-state index in [0.717, 1.165) is 16.8 Å². The molecular formula is C28H26N6O3. The summed E-state index contributed by atoms with van der Waals surface area (Å²) in [7, 11) is 0. The van der Waals surface area contributed by atoms with Gasteiger partial charge in [-0.2, -0.15) is 5.10 Å². The molecule has 0 saturated heterocycles. The molecule has 3 aromatic carbocycles. The molecule has 0 spiro atoms. The minimum absolute atomic E-state index is 0.202. The summed E-state index contributed by atoms with van der Waals surface area (Å²) in [5.74, 6) is -0.922. The molecule has 3 amide bonds. The van der Waals surface area contributed by atoms with Gasteiger partial charge in [-0.15, -0.1) is 0 Å². The van der Waals surface area contributed by atoms with E-state index in [2.05, 4.69) is 20.7 Å². The van der Waals surface area contributed by atoms with Crippen molar-refractivity contribution in [2.75, 3.05) is 6.54 Å². The van der Waals surface area contributed by atoms with Gasteiger partial charge < -0.3 is 15.5 Å². The number of carbonyl (C=O) groups is 3. The zero-order chi connectivity index (χ0) is 25.8. The maximum atomic E-state index is 13.3. The summed E-state index contributed by atoms with van der Waals surface area (Å²) in [4.78, 5) is 44.5. The molecule has 9 heteroatoms. The van der Waals surface area contributed by atoms with Gasteiger partial charge in [0.05, 0.1) is 18.3 Å². The van der Waals surface area contributed by atoms with Crippen LogP contribution in [0.4, 0.5) is 0 Å². The molecule has 0 fully saturated rings. The lowest BCUT2D eigenvalue weighted by atomic mass is 10.0. The van der Waals surface area contributed by atoms with Crippen LogP contribution in [0.2, 0.25) is 0 Å². The predicted octanol–water partition coefficient (Wildman–Crippen LogP) is 2.96. The van der Waals surface area contributed by atoms with Gasteiger partial charge in [-0.3, -0.25) is 14.4 Å². The molecule has 0 bridgehead atoms. The van der Waals surface area contributed by atoms with E-state index in [1.165, 1.54) is 6.33 Å². The van der Waals surface area contributed by atoms with Crippen LogP contribution in [-0.4, -0.2) is 43.9 Å². The average molecular weight is 495 g/mol. The maximum Gasteiger partial charge on any atom is 0.255 e. The zero-order valence-corrected chi connectivity index (χ0v) is 20.2. The highest BCUT2D eigenvalue weighted by Crippen LogP contribution is 2.34. The highest BCUT2D eigenvalue weighted by atomic mass is 16.2. The first-order valence-electron chi connectivity index (χ1n) is 12.0. The van der Waals surface area contributed by atoms with E-state index in [1.807, 2.05) is 61.5 Å². The minimum Gasteiger partial charge on any atom is -0.348 e. The molecule has 1 aliphatic heterocycles. The van der Waals surface area contributed by atoms with Gasteiger partial charge in [0, 0.05) is 12.1 Å². The molecule has 0 aliphatic carbocycles. The van der Waals surface area contributed by atoms with E-state index in [4.69, 9.17) is 0 Å². The van der Waals surface area contributed by atoms with Crippen LogP contribution < -0.4 is 10.6 Å². The van der Waals surface area contributed by atoms with Gasteiger partial charge >= 0.3 is 0 Å². The second kappa shape index (κ2) is 10.4. The second-order valence-corrected chi connectivity index (χ2v) is 8.85. The van der Waals surface area contributed by atoms with Crippen molar-refractivity contribution in [3.8, 4) is 5.69 Å². The maximum absolute atomic E-state index is 13.3. The topological polar surface area (TPSA) is 109 Å². The Bertz CT molecular complexity index is 1400. The zero-order valence-electron chi connectivity index (χ0n) is 20.2. The minimum atomic E-state index is -0.807. The standard InChI is InChI=1S/C28H26N6O3/c1-19(21-11-13-22(14-12-21)34-18-29-17-31-34)32-25(35)15-30-27(36)26-23-9-5-6-10-24(23)28(37)33(26)16-20-7-3-2-4-8-20/h2-14,17-19,26H,15-16H2,1H3,(H,30,36)(H,32,35). The van der Waals surface area contributed by atoms with Gasteiger partial charge in [0.15, 0.2) is 0 Å². The fourth-order valence-corrected chi connectivity index (χ4v) is 4.49. The van der Waals surface area contributed by atoms with Gasteiger partial charge in [0.2, 0.25) is 11.8 Å². The van der Waals surface area contributed by atoms with Crippen LogP contribution in [-0.2, 0) is 16.1 Å². The summed E-state index contributed by atoms with van der Waals surface area (Å²) in [5, 5.41) is 9.73. The van der Waals surface area contributed by atoms with Crippen molar-refractivity contribution in [2.45, 2.75) is 25.6 Å². The third kappa shape index (κ3) is 5.11. The fraction of sp³-hybridized carbons (Fsp3) is 0.179. The Morgan fingerprint density at radius 2 is 1.70 bits per heavy atom. The van der Waals surface area contributed by atoms with E-state index in [-0.39, 0.29) is 24.4 Å². The van der Waals surface area contributed by atoms with Crippen LogP contribution in [0.3, 0.4) is 0 Å². The van der Waals surface area contributed by atoms with Crippen LogP contribution in [0.1, 0.15) is 46.1 Å². The molecule has 9 nitrogen and oxygen atoms in total. The molecule has 2 unspecified atom stereocenters. The van der Waals surface area contributed by atoms with Gasteiger partial charge in [0.1, 0.15) is 18.7 Å². The Kier molecular flexibility index (Phi) is 6.76. The fourth-order valence-electron chi connectivity index (χ4n) is 4.49. The molecule has 5 rings (SSSR count). The van der Waals surface area contributed by atoms with Crippen LogP contribution in [0.15, 0.2) is 91.5 Å². The van der Waals surface area contributed by atoms with Crippen molar-refractivity contribution in [2.24, 2.45) is 0 Å². The van der Waals surface area contributed by atoms with Gasteiger partial charge in [-0.25, -0.2) is 9.67 Å². The molecule has 186 valence electrons. The first kappa shape index (κ1) is 23.9. The number of benzene rings is 3. The molecule has 0 saturated carbocycles. The van der Waals surface area contributed by atoms with Crippen molar-refractivity contribution < 1.29 is 14.4 Å². The normalized spacial score (nSPS) is 15.2. The summed E-state index contributed by atoms with van der Waals surface area (Å²) < 4.78 is 1.65. The number of amides is 3. The first-order chi connectivity index (χ1) is 18.0. The molecule has 2 N–H and O–H groups in total. The third-order valence-electron chi connectivity index (χ3n) is 6.38. The molecule has 2 heterocycles. The average Bonchev–Trinajstić information content (AvgIpc) is 3.56. The highest BCUT2D eigenvalue weighted by molar-refractivity contribution is 6.05. The Labute approximate surface area is 214 Å². The van der Waals surface area contributed by atoms with Gasteiger partial charge in [-0.1, -0.05) is 60.7 Å². The monoisotopic (exact) mass is 494 g/mol. The number of nitrogens with zero attached hydrogens (tertiary/aromatic N) is 4. The number of fused-ring (bicyclic) bond motifs is 1. The van der Waals surface area contributed by atoms with E-state index >= 15 is 0 Å². The summed E-state index contributed by atoms with van der Waals surface area (Å²) in [6.45, 7) is 1.96. The van der Waals surface area contributed by atoms with E-state index < -0.39 is 11.9 Å². The number of rotatable bonds is 8. The summed E-state index contributed by atoms with van der Waals surface area (Å²) in [6.07, 6.45) is 3.08. The summed E-state index contributed by atoms with van der Waals surface area (Å²) in [5.41, 5.74) is 3.84. The van der Waals surface area contributed by atoms with Crippen molar-refractivity contribution in [1.29, 1.82) is 0 Å². The molecule has 37 heavy (non-hydrogen) atoms. The third-order valence-corrected chi connectivity index (χ3v) is 6.38. The van der Waals surface area contributed by atoms with E-state index in [9.17, 15) is 14.4 Å². The molecule has 2 atom stereocenters. The lowest BCUT2D eigenvalue weighted by molar-refractivity contribution is -0.129. The largest absolute Gasteiger partial charge is 0.348 e. The molecular weight excluding hydrogens is 468 g/mol. The number of aromatic nitrogens is 3. The van der Waals surface area contributed by atoms with Crippen LogP contribution in [0.25, 0.3) is 5.69 Å². The Morgan fingerprint density at radius 1 is 0.973 bits per heavy atom. The molecule has 4 aromatic rings. The predicted molar refractivity (Wildman–Crippen MR) is 136 cm³/mol. The number of hydrogen-bond donors (Lipinski definition) is 2. The van der Waals surface area contributed by atoms with Crippen molar-refractivity contribution in [3.05, 3.63) is 114 Å². The first-order valence-corrected chi connectivity index (χ1v) is 12.0. The van der Waals surface area contributed by atoms with Crippen LogP contribution in [0, 0.1) is 0 Å². The van der Waals surface area contributed by atoms with Crippen molar-refractivity contribution in [3.63, 3.8) is 0 Å². The number of carbonyl (C=O) groups excluding carboxylic acids is 3. The number of hydrogen-bond acceptors (Lipinski definition) is 5. The van der Waals surface area contributed by atoms with Gasteiger partial charge in [0.25, 0.3) is 5.91 Å². The molecule has 1 aliphatic rings. The smallest absolute Gasteiger partial charge is 0.255 e. The molecule has 1 aromatic heterocycles. The van der Waals surface area contributed by atoms with Gasteiger partial charge in [-0.05, 0) is 41.8 Å². The Hall–Kier alpha value is -4.79. The lowest BCUT2D eigenvalue weighted by Crippen LogP contribution is -2.43. The quantitative estimate of drug-likeness (QED) is 0.392. The van der Waals surface area contributed by atoms with E-state index in [1.54, 1.807) is 40.2 Å². The lowest BCUT2D eigenvalue weighted by Gasteiger charge is -2.25. The van der Waals surface area contributed by atoms with Crippen molar-refractivity contribution in [1.82, 2.24) is 30.3 Å². The molecule has 0 radical (unpaired) electrons. The van der Waals surface area contributed by atoms with Crippen molar-refractivity contribution >= 4 is 17.7 Å².